The Kier molecular flexibility index (Phi) is 3.02. The summed E-state index contributed by atoms with van der Waals surface area (Å²) in [5.41, 5.74) is 0. The Hall–Kier alpha value is -1.66. The summed E-state index contributed by atoms with van der Waals surface area (Å²) in [5, 5.41) is 19.9. The second kappa shape index (κ2) is 4.46. The molecule has 1 atom stereocenters. The minimum Gasteiger partial charge on any atom is -0.481 e. The summed E-state index contributed by atoms with van der Waals surface area (Å²) < 4.78 is 1.64. The lowest BCUT2D eigenvalue weighted by Crippen LogP contribution is -2.23. The van der Waals surface area contributed by atoms with Crippen LogP contribution in [0.5, 0.6) is 0 Å². The average Bonchev–Trinajstić information content (AvgIpc) is 2.83. The number of aliphatic carboxylic acids is 1. The second-order valence-corrected chi connectivity index (χ2v) is 4.14. The monoisotopic (exact) mass is 225 g/mol. The van der Waals surface area contributed by atoms with Crippen molar-refractivity contribution in [2.45, 2.75) is 19.3 Å². The van der Waals surface area contributed by atoms with Crippen LogP contribution >= 0.6 is 0 Å². The van der Waals surface area contributed by atoms with E-state index in [-0.39, 0.29) is 6.42 Å². The Balaban J connectivity index is 1.88. The van der Waals surface area contributed by atoms with E-state index in [0.717, 1.165) is 31.9 Å². The highest BCUT2D eigenvalue weighted by atomic mass is 16.4. The van der Waals surface area contributed by atoms with Gasteiger partial charge >= 0.3 is 5.97 Å². The lowest BCUT2D eigenvalue weighted by Gasteiger charge is -2.15. The van der Waals surface area contributed by atoms with Crippen LogP contribution in [0.3, 0.4) is 0 Å². The number of aromatic nitrogens is 4. The Morgan fingerprint density at radius 1 is 1.62 bits per heavy atom. The van der Waals surface area contributed by atoms with Gasteiger partial charge in [-0.3, -0.25) is 4.79 Å². The molecule has 0 aromatic carbocycles. The van der Waals surface area contributed by atoms with E-state index in [9.17, 15) is 4.79 Å². The van der Waals surface area contributed by atoms with Gasteiger partial charge in [0.15, 0.2) is 0 Å². The highest BCUT2D eigenvalue weighted by Crippen LogP contribution is 2.24. The third kappa shape index (κ3) is 2.29. The Bertz CT molecular complexity index is 378. The first kappa shape index (κ1) is 10.8. The molecule has 7 nitrogen and oxygen atoms in total. The first-order chi connectivity index (χ1) is 7.66. The zero-order chi connectivity index (χ0) is 11.5. The van der Waals surface area contributed by atoms with Crippen LogP contribution in [0.2, 0.25) is 0 Å². The molecule has 0 saturated carbocycles. The first-order valence-corrected chi connectivity index (χ1v) is 5.36. The van der Waals surface area contributed by atoms with Gasteiger partial charge in [-0.2, -0.15) is 0 Å². The van der Waals surface area contributed by atoms with Crippen LogP contribution in [-0.2, 0) is 11.8 Å². The van der Waals surface area contributed by atoms with Crippen LogP contribution in [0, 0.1) is 5.92 Å². The minimum absolute atomic E-state index is 0.246. The van der Waals surface area contributed by atoms with Gasteiger partial charge in [-0.05, 0) is 29.2 Å². The summed E-state index contributed by atoms with van der Waals surface area (Å²) >= 11 is 0. The number of anilines is 1. The number of nitrogens with zero attached hydrogens (tertiary/aromatic N) is 5. The van der Waals surface area contributed by atoms with E-state index < -0.39 is 5.97 Å². The molecule has 0 bridgehead atoms. The van der Waals surface area contributed by atoms with Gasteiger partial charge < -0.3 is 10.0 Å². The van der Waals surface area contributed by atoms with Crippen molar-refractivity contribution in [3.63, 3.8) is 0 Å². The molecule has 2 heterocycles. The van der Waals surface area contributed by atoms with E-state index in [1.54, 1.807) is 11.7 Å². The zero-order valence-electron chi connectivity index (χ0n) is 9.20. The molecule has 0 radical (unpaired) electrons. The predicted octanol–water partition coefficient (Wildman–Crippen LogP) is -0.0988. The molecule has 0 aliphatic carbocycles. The summed E-state index contributed by atoms with van der Waals surface area (Å²) in [4.78, 5) is 12.6. The molecule has 1 unspecified atom stereocenters. The van der Waals surface area contributed by atoms with E-state index in [4.69, 9.17) is 5.11 Å². The van der Waals surface area contributed by atoms with E-state index >= 15 is 0 Å². The SMILES string of the molecule is Cn1nnnc1N1CCC(CCC(=O)O)C1. The maximum atomic E-state index is 10.5. The molecule has 1 aliphatic heterocycles. The van der Waals surface area contributed by atoms with Crippen molar-refractivity contribution in [3.05, 3.63) is 0 Å². The van der Waals surface area contributed by atoms with Gasteiger partial charge in [-0.25, -0.2) is 4.68 Å². The number of carbonyl (C=O) groups is 1. The number of hydrogen-bond donors (Lipinski definition) is 1. The summed E-state index contributed by atoms with van der Waals surface area (Å²) in [6, 6.07) is 0. The molecular formula is C9H15N5O2. The largest absolute Gasteiger partial charge is 0.481 e. The Morgan fingerprint density at radius 2 is 2.44 bits per heavy atom. The van der Waals surface area contributed by atoms with E-state index in [1.807, 2.05) is 0 Å². The molecule has 1 aliphatic rings. The van der Waals surface area contributed by atoms with Gasteiger partial charge in [-0.1, -0.05) is 5.10 Å². The van der Waals surface area contributed by atoms with E-state index in [0.29, 0.717) is 5.92 Å². The van der Waals surface area contributed by atoms with Gasteiger partial charge in [0.05, 0.1) is 0 Å². The predicted molar refractivity (Wildman–Crippen MR) is 56.0 cm³/mol. The molecule has 1 aromatic rings. The molecule has 2 rings (SSSR count). The van der Waals surface area contributed by atoms with Crippen molar-refractivity contribution in [1.82, 2.24) is 20.2 Å². The van der Waals surface area contributed by atoms with Crippen molar-refractivity contribution in [3.8, 4) is 0 Å². The number of hydrogen-bond acceptors (Lipinski definition) is 5. The Morgan fingerprint density at radius 3 is 3.06 bits per heavy atom. The maximum absolute atomic E-state index is 10.5. The molecule has 16 heavy (non-hydrogen) atoms. The van der Waals surface area contributed by atoms with Crippen molar-refractivity contribution in [1.29, 1.82) is 0 Å². The maximum Gasteiger partial charge on any atom is 0.303 e. The van der Waals surface area contributed by atoms with Crippen LogP contribution in [0.25, 0.3) is 0 Å². The highest BCUT2D eigenvalue weighted by molar-refractivity contribution is 5.66. The number of rotatable bonds is 4. The standard InChI is InChI=1S/C9H15N5O2/c1-13-9(10-11-12-13)14-5-4-7(6-14)2-3-8(15)16/h7H,2-6H2,1H3,(H,15,16). The fourth-order valence-electron chi connectivity index (χ4n) is 2.07. The van der Waals surface area contributed by atoms with Crippen molar-refractivity contribution in [2.24, 2.45) is 13.0 Å². The molecule has 1 N–H and O–H groups in total. The zero-order valence-corrected chi connectivity index (χ0v) is 9.20. The third-order valence-electron chi connectivity index (χ3n) is 2.93. The molecule has 0 spiro atoms. The highest BCUT2D eigenvalue weighted by Gasteiger charge is 2.25. The normalized spacial score (nSPS) is 20.3. The second-order valence-electron chi connectivity index (χ2n) is 4.14. The summed E-state index contributed by atoms with van der Waals surface area (Å²) in [5.74, 6) is 0.476. The van der Waals surface area contributed by atoms with Gasteiger partial charge in [0.2, 0.25) is 5.95 Å². The fraction of sp³-hybridized carbons (Fsp3) is 0.778. The lowest BCUT2D eigenvalue weighted by atomic mass is 10.0. The van der Waals surface area contributed by atoms with E-state index in [2.05, 4.69) is 20.4 Å². The molecule has 88 valence electrons. The minimum atomic E-state index is -0.723. The van der Waals surface area contributed by atoms with Gasteiger partial charge in [0.25, 0.3) is 0 Å². The molecular weight excluding hydrogens is 210 g/mol. The van der Waals surface area contributed by atoms with Crippen LogP contribution in [-0.4, -0.2) is 44.4 Å². The van der Waals surface area contributed by atoms with Crippen molar-refractivity contribution in [2.75, 3.05) is 18.0 Å². The van der Waals surface area contributed by atoms with Crippen molar-refractivity contribution < 1.29 is 9.90 Å². The topological polar surface area (TPSA) is 84.1 Å². The molecule has 1 saturated heterocycles. The molecule has 1 aromatic heterocycles. The average molecular weight is 225 g/mol. The summed E-state index contributed by atoms with van der Waals surface area (Å²) in [7, 11) is 1.81. The van der Waals surface area contributed by atoms with Gasteiger partial charge in [0.1, 0.15) is 0 Å². The number of carboxylic acids is 1. The molecule has 0 amide bonds. The smallest absolute Gasteiger partial charge is 0.303 e. The lowest BCUT2D eigenvalue weighted by molar-refractivity contribution is -0.137. The van der Waals surface area contributed by atoms with Crippen LogP contribution in [0.1, 0.15) is 19.3 Å². The van der Waals surface area contributed by atoms with Crippen molar-refractivity contribution >= 4 is 11.9 Å². The molecule has 1 fully saturated rings. The van der Waals surface area contributed by atoms with Crippen LogP contribution in [0.4, 0.5) is 5.95 Å². The summed E-state index contributed by atoms with van der Waals surface area (Å²) in [6.45, 7) is 1.75. The van der Waals surface area contributed by atoms with Crippen LogP contribution in [0.15, 0.2) is 0 Å². The Labute approximate surface area is 93.0 Å². The van der Waals surface area contributed by atoms with Gasteiger partial charge in [-0.15, -0.1) is 0 Å². The fourth-order valence-corrected chi connectivity index (χ4v) is 2.07. The van der Waals surface area contributed by atoms with Crippen LogP contribution < -0.4 is 4.90 Å². The molecule has 7 heteroatoms. The quantitative estimate of drug-likeness (QED) is 0.770. The number of aryl methyl sites for hydroxylation is 1. The number of tetrazole rings is 1. The third-order valence-corrected chi connectivity index (χ3v) is 2.93. The first-order valence-electron chi connectivity index (χ1n) is 5.36. The van der Waals surface area contributed by atoms with E-state index in [1.165, 1.54) is 0 Å². The number of carboxylic acid groups (broad SMARTS) is 1. The summed E-state index contributed by atoms with van der Waals surface area (Å²) in [6.07, 6.45) is 1.99. The van der Waals surface area contributed by atoms with Gasteiger partial charge in [0, 0.05) is 26.6 Å².